The smallest absolute Gasteiger partial charge is 0.351 e. The first-order valence-corrected chi connectivity index (χ1v) is 6.59. The summed E-state index contributed by atoms with van der Waals surface area (Å²) in [6, 6.07) is 1.66. The van der Waals surface area contributed by atoms with E-state index in [2.05, 4.69) is 11.6 Å². The van der Waals surface area contributed by atoms with Gasteiger partial charge in [0, 0.05) is 5.22 Å². The molecule has 1 N–H and O–H groups in total. The van der Waals surface area contributed by atoms with Crippen molar-refractivity contribution in [1.82, 2.24) is 4.98 Å². The van der Waals surface area contributed by atoms with Crippen molar-refractivity contribution in [1.29, 1.82) is 5.26 Å². The molecule has 0 aliphatic rings. The fraction of sp³-hybridized carbons (Fsp3) is 0.333. The standard InChI is InChI=1S/C15H16N2O5/c1-5-21-14(19)10(7-16)12-11(15(20)22-6-2)8(3)9(4)13(18)17-12/h4-6H2,1-3H3,(H,17,18)/b12-10-. The molecule has 0 spiro atoms. The van der Waals surface area contributed by atoms with Crippen LogP contribution in [-0.4, -0.2) is 30.1 Å². The van der Waals surface area contributed by atoms with Crippen molar-refractivity contribution in [3.63, 3.8) is 0 Å². The largest absolute Gasteiger partial charge is 0.462 e. The Kier molecular flexibility index (Phi) is 5.64. The Morgan fingerprint density at radius 1 is 1.27 bits per heavy atom. The van der Waals surface area contributed by atoms with Crippen molar-refractivity contribution in [3.05, 3.63) is 32.0 Å². The molecule has 0 aromatic carbocycles. The highest BCUT2D eigenvalue weighted by atomic mass is 16.5. The lowest BCUT2D eigenvalue weighted by molar-refractivity contribution is -0.136. The molecule has 0 bridgehead atoms. The maximum Gasteiger partial charge on any atom is 0.351 e. The number of carbonyl (C=O) groups is 2. The van der Waals surface area contributed by atoms with Crippen LogP contribution in [0.3, 0.4) is 0 Å². The molecule has 0 atom stereocenters. The third kappa shape index (κ3) is 3.23. The highest BCUT2D eigenvalue weighted by Crippen LogP contribution is 2.02. The molecule has 0 fully saturated rings. The van der Waals surface area contributed by atoms with Crippen LogP contribution < -0.4 is 16.1 Å². The fourth-order valence-corrected chi connectivity index (χ4v) is 1.81. The molecule has 1 heterocycles. The molecule has 0 radical (unpaired) electrons. The molecule has 1 rings (SSSR count). The molecule has 7 heteroatoms. The van der Waals surface area contributed by atoms with Crippen LogP contribution in [0.4, 0.5) is 0 Å². The predicted octanol–water partition coefficient (Wildman–Crippen LogP) is -0.492. The monoisotopic (exact) mass is 304 g/mol. The minimum Gasteiger partial charge on any atom is -0.462 e. The van der Waals surface area contributed by atoms with Gasteiger partial charge >= 0.3 is 11.9 Å². The van der Waals surface area contributed by atoms with Gasteiger partial charge in [0.1, 0.15) is 6.07 Å². The highest BCUT2D eigenvalue weighted by Gasteiger charge is 2.21. The molecule has 0 unspecified atom stereocenters. The van der Waals surface area contributed by atoms with Crippen molar-refractivity contribution in [2.24, 2.45) is 0 Å². The second-order valence-electron chi connectivity index (χ2n) is 4.24. The number of rotatable bonds is 4. The van der Waals surface area contributed by atoms with E-state index in [1.807, 2.05) is 0 Å². The summed E-state index contributed by atoms with van der Waals surface area (Å²) in [6.07, 6.45) is 0. The summed E-state index contributed by atoms with van der Waals surface area (Å²) in [7, 11) is 0. The van der Waals surface area contributed by atoms with Crippen molar-refractivity contribution in [2.45, 2.75) is 20.8 Å². The Labute approximate surface area is 126 Å². The fourth-order valence-electron chi connectivity index (χ4n) is 1.81. The SMILES string of the molecule is C=c1c(C)c(C(=O)OCC)/c(=C(\C#N)C(=O)OCC)[nH]c1=O. The number of aromatic nitrogens is 1. The van der Waals surface area contributed by atoms with Gasteiger partial charge in [-0.2, -0.15) is 5.26 Å². The van der Waals surface area contributed by atoms with E-state index in [1.165, 1.54) is 6.92 Å². The molecule has 1 aromatic rings. The predicted molar refractivity (Wildman–Crippen MR) is 78.2 cm³/mol. The van der Waals surface area contributed by atoms with Crippen LogP contribution in [0.5, 0.6) is 0 Å². The van der Waals surface area contributed by atoms with Crippen LogP contribution >= 0.6 is 0 Å². The molecule has 0 saturated heterocycles. The van der Waals surface area contributed by atoms with Crippen LogP contribution in [0, 0.1) is 18.3 Å². The van der Waals surface area contributed by atoms with Gasteiger partial charge in [-0.15, -0.1) is 0 Å². The number of hydrogen-bond acceptors (Lipinski definition) is 6. The van der Waals surface area contributed by atoms with Gasteiger partial charge in [-0.25, -0.2) is 9.59 Å². The van der Waals surface area contributed by atoms with Gasteiger partial charge in [-0.1, -0.05) is 6.58 Å². The number of carbonyl (C=O) groups excluding carboxylic acids is 2. The summed E-state index contributed by atoms with van der Waals surface area (Å²) in [5, 5.41) is 9.04. The molecule has 22 heavy (non-hydrogen) atoms. The van der Waals surface area contributed by atoms with Crippen molar-refractivity contribution < 1.29 is 19.1 Å². The number of esters is 2. The Hall–Kier alpha value is -2.88. The first kappa shape index (κ1) is 17.2. The number of aromatic amines is 1. The quantitative estimate of drug-likeness (QED) is 0.752. The molecule has 0 saturated carbocycles. The van der Waals surface area contributed by atoms with Crippen molar-refractivity contribution in [3.8, 4) is 6.07 Å². The molecule has 1 aromatic heterocycles. The first-order chi connectivity index (χ1) is 10.4. The number of pyridine rings is 1. The van der Waals surface area contributed by atoms with Gasteiger partial charge < -0.3 is 14.5 Å². The van der Waals surface area contributed by atoms with Gasteiger partial charge in [0.15, 0.2) is 5.57 Å². The van der Waals surface area contributed by atoms with Crippen LogP contribution in [0.2, 0.25) is 0 Å². The van der Waals surface area contributed by atoms with E-state index >= 15 is 0 Å². The third-order valence-electron chi connectivity index (χ3n) is 2.91. The molecule has 116 valence electrons. The van der Waals surface area contributed by atoms with Gasteiger partial charge in [-0.05, 0) is 26.3 Å². The summed E-state index contributed by atoms with van der Waals surface area (Å²) in [5.74, 6) is -1.68. The average Bonchev–Trinajstić information content (AvgIpc) is 2.46. The van der Waals surface area contributed by atoms with Crippen LogP contribution in [0.25, 0.3) is 12.2 Å². The average molecular weight is 304 g/mol. The number of nitrogens with one attached hydrogen (secondary N) is 1. The van der Waals surface area contributed by atoms with Gasteiger partial charge in [0.2, 0.25) is 0 Å². The molecule has 0 aliphatic carbocycles. The maximum atomic E-state index is 12.1. The van der Waals surface area contributed by atoms with E-state index < -0.39 is 23.1 Å². The Bertz CT molecular complexity index is 814. The van der Waals surface area contributed by atoms with E-state index in [4.69, 9.17) is 9.47 Å². The van der Waals surface area contributed by atoms with Crippen LogP contribution in [0.15, 0.2) is 4.79 Å². The van der Waals surface area contributed by atoms with E-state index in [-0.39, 0.29) is 34.9 Å². The number of hydrogen-bond donors (Lipinski definition) is 1. The molecular formula is C15H16N2O5. The minimum atomic E-state index is -0.928. The van der Waals surface area contributed by atoms with Gasteiger partial charge in [0.25, 0.3) is 5.56 Å². The lowest BCUT2D eigenvalue weighted by Crippen LogP contribution is -2.41. The lowest BCUT2D eigenvalue weighted by Gasteiger charge is -2.08. The zero-order valence-corrected chi connectivity index (χ0v) is 12.6. The first-order valence-electron chi connectivity index (χ1n) is 6.59. The Morgan fingerprint density at radius 3 is 2.36 bits per heavy atom. The number of H-pyrrole nitrogens is 1. The summed E-state index contributed by atoms with van der Waals surface area (Å²) in [5.41, 5.74) is -0.895. The van der Waals surface area contributed by atoms with E-state index in [0.717, 1.165) is 0 Å². The van der Waals surface area contributed by atoms with E-state index in [1.54, 1.807) is 19.9 Å². The molecule has 7 nitrogen and oxygen atoms in total. The highest BCUT2D eigenvalue weighted by molar-refractivity contribution is 6.16. The minimum absolute atomic E-state index is 0.0510. The second-order valence-corrected chi connectivity index (χ2v) is 4.24. The molecule has 0 aliphatic heterocycles. The Balaban J connectivity index is 3.91. The Morgan fingerprint density at radius 2 is 1.86 bits per heavy atom. The number of nitrogens with zero attached hydrogens (tertiary/aromatic N) is 1. The summed E-state index contributed by atoms with van der Waals surface area (Å²) >= 11 is 0. The van der Waals surface area contributed by atoms with Gasteiger partial charge in [0.05, 0.1) is 24.1 Å². The number of ether oxygens (including phenoxy) is 2. The van der Waals surface area contributed by atoms with E-state index in [9.17, 15) is 19.6 Å². The van der Waals surface area contributed by atoms with Crippen LogP contribution in [-0.2, 0) is 14.3 Å². The maximum absolute atomic E-state index is 12.1. The topological polar surface area (TPSA) is 109 Å². The summed E-state index contributed by atoms with van der Waals surface area (Å²) in [6.45, 7) is 8.41. The van der Waals surface area contributed by atoms with Crippen molar-refractivity contribution in [2.75, 3.05) is 13.2 Å². The number of nitriles is 1. The summed E-state index contributed by atoms with van der Waals surface area (Å²) in [4.78, 5) is 38.1. The van der Waals surface area contributed by atoms with Crippen LogP contribution in [0.1, 0.15) is 29.8 Å². The normalized spacial score (nSPS) is 11.4. The van der Waals surface area contributed by atoms with Crippen molar-refractivity contribution >= 4 is 24.1 Å². The third-order valence-corrected chi connectivity index (χ3v) is 2.91. The molecule has 0 amide bonds. The van der Waals surface area contributed by atoms with E-state index in [0.29, 0.717) is 0 Å². The van der Waals surface area contributed by atoms with Gasteiger partial charge in [-0.3, -0.25) is 4.79 Å². The zero-order valence-electron chi connectivity index (χ0n) is 12.6. The lowest BCUT2D eigenvalue weighted by atomic mass is 10.1. The zero-order chi connectivity index (χ0) is 16.9. The second kappa shape index (κ2) is 7.22. The molecular weight excluding hydrogens is 288 g/mol. The summed E-state index contributed by atoms with van der Waals surface area (Å²) < 4.78 is 9.68.